The number of hydrogen-bond acceptors (Lipinski definition) is 6. The molecule has 0 saturated heterocycles. The molecule has 3 N–H and O–H groups in total. The highest BCUT2D eigenvalue weighted by Gasteiger charge is 2.30. The second kappa shape index (κ2) is 12.4. The Balaban J connectivity index is 1.39. The number of amides is 2. The zero-order valence-electron chi connectivity index (χ0n) is 21.6. The molecule has 1 heterocycles. The number of anilines is 1. The number of urea groups is 1. The summed E-state index contributed by atoms with van der Waals surface area (Å²) >= 11 is 0. The summed E-state index contributed by atoms with van der Waals surface area (Å²) in [6.45, 7) is 4.70. The molecule has 4 aromatic rings. The first-order valence-corrected chi connectivity index (χ1v) is 12.3. The molecule has 2 amide bonds. The van der Waals surface area contributed by atoms with E-state index < -0.39 is 23.6 Å². The number of benzene rings is 3. The Morgan fingerprint density at radius 2 is 1.50 bits per heavy atom. The van der Waals surface area contributed by atoms with Gasteiger partial charge in [0.25, 0.3) is 0 Å². The molecule has 1 aromatic heterocycles. The van der Waals surface area contributed by atoms with Crippen LogP contribution >= 0.6 is 0 Å². The number of rotatable bonds is 9. The van der Waals surface area contributed by atoms with Crippen LogP contribution in [0.1, 0.15) is 23.1 Å². The van der Waals surface area contributed by atoms with E-state index >= 15 is 0 Å². The number of carbonyl (C=O) groups is 1. The molecule has 0 bridgehead atoms. The molecule has 40 heavy (non-hydrogen) atoms. The molecule has 12 heteroatoms. The van der Waals surface area contributed by atoms with Crippen molar-refractivity contribution in [3.63, 3.8) is 0 Å². The van der Waals surface area contributed by atoms with E-state index in [0.717, 1.165) is 29.0 Å². The molecule has 0 aliphatic rings. The Labute approximate surface area is 227 Å². The van der Waals surface area contributed by atoms with Crippen molar-refractivity contribution in [2.24, 2.45) is 0 Å². The number of halogens is 4. The van der Waals surface area contributed by atoms with E-state index in [4.69, 9.17) is 4.74 Å². The maximum Gasteiger partial charge on any atom is 0.416 e. The summed E-state index contributed by atoms with van der Waals surface area (Å²) in [4.78, 5) is 25.1. The predicted molar refractivity (Wildman–Crippen MR) is 142 cm³/mol. The average Bonchev–Trinajstić information content (AvgIpc) is 2.92. The van der Waals surface area contributed by atoms with Crippen LogP contribution in [0.4, 0.5) is 28.3 Å². The van der Waals surface area contributed by atoms with E-state index in [1.807, 2.05) is 32.0 Å². The van der Waals surface area contributed by atoms with Crippen LogP contribution < -0.4 is 20.9 Å². The Bertz CT molecular complexity index is 1460. The van der Waals surface area contributed by atoms with Gasteiger partial charge in [0.2, 0.25) is 5.95 Å². The second-order valence-corrected chi connectivity index (χ2v) is 8.87. The van der Waals surface area contributed by atoms with Crippen LogP contribution in [0.3, 0.4) is 0 Å². The topological polar surface area (TPSA) is 101 Å². The Kier molecular flexibility index (Phi) is 8.77. The highest BCUT2D eigenvalue weighted by atomic mass is 19.4. The summed E-state index contributed by atoms with van der Waals surface area (Å²) in [6, 6.07) is 15.0. The summed E-state index contributed by atoms with van der Waals surface area (Å²) in [6.07, 6.45) is -3.94. The number of aromatic nitrogens is 3. The summed E-state index contributed by atoms with van der Waals surface area (Å²) < 4.78 is 58.1. The van der Waals surface area contributed by atoms with E-state index in [1.54, 1.807) is 0 Å². The second-order valence-electron chi connectivity index (χ2n) is 8.87. The molecule has 0 unspecified atom stereocenters. The molecule has 208 valence electrons. The van der Waals surface area contributed by atoms with Gasteiger partial charge in [-0.2, -0.15) is 23.1 Å². The van der Waals surface area contributed by atoms with Gasteiger partial charge in [0, 0.05) is 17.7 Å². The number of nitrogens with zero attached hydrogens (tertiary/aromatic N) is 3. The van der Waals surface area contributed by atoms with Crippen LogP contribution in [-0.2, 0) is 6.18 Å². The van der Waals surface area contributed by atoms with Crippen molar-refractivity contribution in [3.8, 4) is 28.5 Å². The summed E-state index contributed by atoms with van der Waals surface area (Å²) in [5.74, 6) is 0.427. The van der Waals surface area contributed by atoms with Crippen molar-refractivity contribution in [1.82, 2.24) is 25.7 Å². The van der Waals surface area contributed by atoms with Gasteiger partial charge < -0.3 is 10.1 Å². The Morgan fingerprint density at radius 3 is 2.10 bits per heavy atom. The molecule has 0 aliphatic heterocycles. The van der Waals surface area contributed by atoms with E-state index in [-0.39, 0.29) is 23.2 Å². The fourth-order valence-corrected chi connectivity index (χ4v) is 3.67. The standard InChI is InChI=1S/C28H26F4N6O2/c1-17-4-13-23(18(2)16-17)40-15-3-14-33-27(39)38-37-26-35-24(19-5-9-21(10-6-19)28(30,31)32)34-25(36-26)20-7-11-22(29)12-8-20/h4-13,16H,3,14-15H2,1-2H3,(H2,33,38,39)(H,34,35,36,37). The quantitative estimate of drug-likeness (QED) is 0.132. The van der Waals surface area contributed by atoms with Gasteiger partial charge in [-0.25, -0.2) is 19.6 Å². The number of hydrogen-bond donors (Lipinski definition) is 3. The van der Waals surface area contributed by atoms with Crippen LogP contribution in [0.25, 0.3) is 22.8 Å². The number of carbonyl (C=O) groups excluding carboxylic acids is 1. The zero-order valence-corrected chi connectivity index (χ0v) is 21.6. The van der Waals surface area contributed by atoms with E-state index in [1.165, 1.54) is 36.4 Å². The van der Waals surface area contributed by atoms with Crippen LogP contribution in [0.5, 0.6) is 5.75 Å². The van der Waals surface area contributed by atoms with Crippen LogP contribution in [0.15, 0.2) is 66.7 Å². The van der Waals surface area contributed by atoms with Crippen molar-refractivity contribution in [2.45, 2.75) is 26.4 Å². The average molecular weight is 555 g/mol. The van der Waals surface area contributed by atoms with Gasteiger partial charge >= 0.3 is 12.2 Å². The maximum absolute atomic E-state index is 13.4. The zero-order chi connectivity index (χ0) is 28.7. The molecular weight excluding hydrogens is 528 g/mol. The molecule has 0 radical (unpaired) electrons. The van der Waals surface area contributed by atoms with E-state index in [0.29, 0.717) is 25.1 Å². The van der Waals surface area contributed by atoms with Gasteiger partial charge in [-0.15, -0.1) is 0 Å². The molecule has 3 aromatic carbocycles. The Morgan fingerprint density at radius 1 is 0.875 bits per heavy atom. The third-order valence-electron chi connectivity index (χ3n) is 5.69. The minimum absolute atomic E-state index is 0.0521. The van der Waals surface area contributed by atoms with Gasteiger partial charge in [-0.05, 0) is 68.3 Å². The minimum Gasteiger partial charge on any atom is -0.493 e. The number of ether oxygens (including phenoxy) is 1. The minimum atomic E-state index is -4.49. The lowest BCUT2D eigenvalue weighted by atomic mass is 10.1. The molecular formula is C28H26F4N6O2. The molecule has 4 rings (SSSR count). The van der Waals surface area contributed by atoms with Gasteiger partial charge in [0.05, 0.1) is 12.2 Å². The maximum atomic E-state index is 13.4. The van der Waals surface area contributed by atoms with Gasteiger partial charge in [0.15, 0.2) is 11.6 Å². The third kappa shape index (κ3) is 7.65. The SMILES string of the molecule is Cc1ccc(OCCCNC(=O)NNc2nc(-c3ccc(F)cc3)nc(-c3ccc(C(F)(F)F)cc3)n2)c(C)c1. The summed E-state index contributed by atoms with van der Waals surface area (Å²) in [5, 5.41) is 2.67. The van der Waals surface area contributed by atoms with Crippen molar-refractivity contribution in [2.75, 3.05) is 18.6 Å². The largest absolute Gasteiger partial charge is 0.493 e. The smallest absolute Gasteiger partial charge is 0.416 e. The first-order chi connectivity index (χ1) is 19.1. The van der Waals surface area contributed by atoms with Crippen molar-refractivity contribution in [3.05, 3.63) is 89.2 Å². The highest BCUT2D eigenvalue weighted by Crippen LogP contribution is 2.31. The molecule has 0 aliphatic carbocycles. The first kappa shape index (κ1) is 28.3. The van der Waals surface area contributed by atoms with E-state index in [9.17, 15) is 22.4 Å². The highest BCUT2D eigenvalue weighted by molar-refractivity contribution is 5.75. The number of hydrazine groups is 1. The van der Waals surface area contributed by atoms with Crippen molar-refractivity contribution < 1.29 is 27.1 Å². The number of aryl methyl sites for hydroxylation is 2. The van der Waals surface area contributed by atoms with Crippen LogP contribution in [0.2, 0.25) is 0 Å². The summed E-state index contributed by atoms with van der Waals surface area (Å²) in [7, 11) is 0. The van der Waals surface area contributed by atoms with Gasteiger partial charge in [0.1, 0.15) is 11.6 Å². The third-order valence-corrected chi connectivity index (χ3v) is 5.69. The Hall–Kier alpha value is -4.74. The molecule has 0 atom stereocenters. The van der Waals surface area contributed by atoms with Crippen LogP contribution in [0, 0.1) is 19.7 Å². The van der Waals surface area contributed by atoms with Crippen LogP contribution in [-0.4, -0.2) is 34.1 Å². The molecule has 0 saturated carbocycles. The molecule has 8 nitrogen and oxygen atoms in total. The lowest BCUT2D eigenvalue weighted by Crippen LogP contribution is -2.40. The normalized spacial score (nSPS) is 11.2. The first-order valence-electron chi connectivity index (χ1n) is 12.3. The van der Waals surface area contributed by atoms with Crippen molar-refractivity contribution >= 4 is 12.0 Å². The lowest BCUT2D eigenvalue weighted by Gasteiger charge is -2.12. The summed E-state index contributed by atoms with van der Waals surface area (Å²) in [5.41, 5.74) is 7.08. The van der Waals surface area contributed by atoms with Crippen molar-refractivity contribution in [1.29, 1.82) is 0 Å². The van der Waals surface area contributed by atoms with Gasteiger partial charge in [-0.1, -0.05) is 29.8 Å². The monoisotopic (exact) mass is 554 g/mol. The fraction of sp³-hybridized carbons (Fsp3) is 0.214. The molecule has 0 spiro atoms. The van der Waals surface area contributed by atoms with Gasteiger partial charge in [-0.3, -0.25) is 5.43 Å². The lowest BCUT2D eigenvalue weighted by molar-refractivity contribution is -0.137. The number of alkyl halides is 3. The fourth-order valence-electron chi connectivity index (χ4n) is 3.67. The molecule has 0 fully saturated rings. The predicted octanol–water partition coefficient (Wildman–Crippen LogP) is 6.08. The van der Waals surface area contributed by atoms with E-state index in [2.05, 4.69) is 31.1 Å². The number of nitrogens with one attached hydrogen (secondary N) is 3.